The van der Waals surface area contributed by atoms with Crippen LogP contribution in [0, 0.1) is 11.6 Å². The van der Waals surface area contributed by atoms with Crippen molar-refractivity contribution in [3.8, 4) is 5.75 Å². The maximum atomic E-state index is 15.7. The quantitative estimate of drug-likeness (QED) is 0.164. The Morgan fingerprint density at radius 3 is 2.62 bits per heavy atom. The van der Waals surface area contributed by atoms with Crippen LogP contribution in [0.5, 0.6) is 5.75 Å². The van der Waals surface area contributed by atoms with Crippen LogP contribution >= 0.6 is 0 Å². The molecule has 15 heteroatoms. The third kappa shape index (κ3) is 5.18. The number of alkyl halides is 3. The summed E-state index contributed by atoms with van der Waals surface area (Å²) in [7, 11) is -3.94. The Morgan fingerprint density at radius 2 is 1.89 bits per heavy atom. The Bertz CT molecular complexity index is 1440. The fourth-order valence-corrected chi connectivity index (χ4v) is 11.1. The van der Waals surface area contributed by atoms with Crippen molar-refractivity contribution in [3.63, 3.8) is 0 Å². The molecule has 2 aliphatic heterocycles. The molecule has 0 unspecified atom stereocenters. The van der Waals surface area contributed by atoms with E-state index in [0.717, 1.165) is 18.2 Å². The average molecular weight is 657 g/mol. The summed E-state index contributed by atoms with van der Waals surface area (Å²) in [4.78, 5) is 9.76. The molecule has 3 aromatic rings. The number of piperidine rings is 1. The SMILES string of the molecule is O=S(=O)([I-]N1CCO[C@]12CCN(c1cnc3cc(F)c(F)cc3n1)C[C@@H]2F)c1cccc(OC(F)F)c1. The molecule has 1 spiro atoms. The molecule has 5 rings (SSSR count). The zero-order valence-electron chi connectivity index (χ0n) is 18.8. The van der Waals surface area contributed by atoms with Crippen molar-refractivity contribution in [2.45, 2.75) is 29.8 Å². The van der Waals surface area contributed by atoms with Crippen LogP contribution in [0.25, 0.3) is 11.0 Å². The van der Waals surface area contributed by atoms with Crippen LogP contribution in [0.2, 0.25) is 0 Å². The second-order valence-corrected chi connectivity index (χ2v) is 15.6. The Hall–Kier alpha value is -2.37. The van der Waals surface area contributed by atoms with E-state index < -0.39 is 57.2 Å². The number of hydrogen-bond acceptors (Lipinski definition) is 8. The van der Waals surface area contributed by atoms with Gasteiger partial charge in [-0.05, 0) is 0 Å². The third-order valence-electron chi connectivity index (χ3n) is 6.04. The van der Waals surface area contributed by atoms with Crippen LogP contribution in [0.3, 0.4) is 0 Å². The van der Waals surface area contributed by atoms with E-state index in [0.29, 0.717) is 0 Å². The van der Waals surface area contributed by atoms with Crippen molar-refractivity contribution in [1.82, 2.24) is 13.1 Å². The zero-order valence-corrected chi connectivity index (χ0v) is 21.8. The Morgan fingerprint density at radius 1 is 1.14 bits per heavy atom. The van der Waals surface area contributed by atoms with E-state index in [1.54, 1.807) is 4.90 Å². The van der Waals surface area contributed by atoms with E-state index in [2.05, 4.69) is 14.7 Å². The third-order valence-corrected chi connectivity index (χ3v) is 13.0. The molecular weight excluding hydrogens is 638 g/mol. The number of hydrogen-bond donors (Lipinski definition) is 0. The number of fused-ring (bicyclic) bond motifs is 1. The van der Waals surface area contributed by atoms with Crippen molar-refractivity contribution in [2.75, 3.05) is 31.1 Å². The summed E-state index contributed by atoms with van der Waals surface area (Å²) >= 11 is -1.87. The first-order chi connectivity index (χ1) is 17.6. The minimum atomic E-state index is -3.94. The van der Waals surface area contributed by atoms with Gasteiger partial charge >= 0.3 is 218 Å². The molecule has 0 radical (unpaired) electrons. The Balaban J connectivity index is 1.34. The first kappa shape index (κ1) is 26.2. The minimum absolute atomic E-state index is 0.107. The predicted octanol–water partition coefficient (Wildman–Crippen LogP) is 0.479. The van der Waals surface area contributed by atoms with Gasteiger partial charge in [0.1, 0.15) is 0 Å². The normalized spacial score (nSPS) is 23.0. The Kier molecular flexibility index (Phi) is 7.14. The standard InChI is InChI=1S/C22H19F5IN4O4S/c23-15-9-17-18(10-16(15)24)30-20(11-29-17)31-5-4-22(19(25)12-31)32(6-7-35-22)28-37(33,34)14-3-1-2-13(8-14)36-21(26)27/h1-3,8-11,19,21H,4-7,12H2/q-1/t19-,22-/m0/s1. The van der Waals surface area contributed by atoms with Crippen LogP contribution in [-0.2, 0) is 11.7 Å². The molecule has 0 saturated carbocycles. The van der Waals surface area contributed by atoms with Gasteiger partial charge in [-0.2, -0.15) is 0 Å². The molecule has 37 heavy (non-hydrogen) atoms. The molecule has 2 atom stereocenters. The van der Waals surface area contributed by atoms with E-state index in [1.807, 2.05) is 0 Å². The Labute approximate surface area is 217 Å². The van der Waals surface area contributed by atoms with E-state index >= 15 is 4.39 Å². The molecule has 2 aliphatic rings. The van der Waals surface area contributed by atoms with Crippen LogP contribution in [0.4, 0.5) is 27.8 Å². The van der Waals surface area contributed by atoms with E-state index in [-0.39, 0.29) is 60.2 Å². The van der Waals surface area contributed by atoms with Crippen LogP contribution in [0.1, 0.15) is 6.42 Å². The summed E-state index contributed by atoms with van der Waals surface area (Å²) in [6.45, 7) is -2.73. The maximum absolute atomic E-state index is 15.7. The van der Waals surface area contributed by atoms with Crippen molar-refractivity contribution < 1.29 is 59.9 Å². The van der Waals surface area contributed by atoms with E-state index in [4.69, 9.17) is 4.74 Å². The van der Waals surface area contributed by atoms with E-state index in [1.165, 1.54) is 27.5 Å². The molecule has 200 valence electrons. The van der Waals surface area contributed by atoms with Gasteiger partial charge in [-0.25, -0.2) is 0 Å². The molecule has 8 nitrogen and oxygen atoms in total. The van der Waals surface area contributed by atoms with Crippen molar-refractivity contribution >= 4 is 23.9 Å². The topological polar surface area (TPSA) is 84.9 Å². The van der Waals surface area contributed by atoms with Gasteiger partial charge in [-0.1, -0.05) is 0 Å². The molecule has 0 N–H and O–H groups in total. The van der Waals surface area contributed by atoms with E-state index in [9.17, 15) is 26.0 Å². The number of rotatable bonds is 6. The first-order valence-corrected chi connectivity index (χ1v) is 16.0. The van der Waals surface area contributed by atoms with Gasteiger partial charge in [-0.15, -0.1) is 0 Å². The summed E-state index contributed by atoms with van der Waals surface area (Å²) in [5.41, 5.74) is -1.20. The number of benzene rings is 2. The number of nitrogens with zero attached hydrogens (tertiary/aromatic N) is 4. The summed E-state index contributed by atoms with van der Waals surface area (Å²) in [6.07, 6.45) is -0.187. The molecule has 0 bridgehead atoms. The second kappa shape index (κ2) is 10.1. The van der Waals surface area contributed by atoms with Gasteiger partial charge in [0.25, 0.3) is 0 Å². The van der Waals surface area contributed by atoms with Crippen LogP contribution in [-0.4, -0.2) is 66.2 Å². The molecule has 0 amide bonds. The number of aromatic nitrogens is 2. The second-order valence-electron chi connectivity index (χ2n) is 8.29. The van der Waals surface area contributed by atoms with Crippen LogP contribution in [0.15, 0.2) is 47.5 Å². The van der Waals surface area contributed by atoms with Gasteiger partial charge in [0.05, 0.1) is 0 Å². The van der Waals surface area contributed by atoms with Gasteiger partial charge in [-0.3, -0.25) is 0 Å². The molecular formula is C22H19F5IN4O4S-. The molecule has 2 saturated heterocycles. The summed E-state index contributed by atoms with van der Waals surface area (Å²) in [5.74, 6) is -2.16. The van der Waals surface area contributed by atoms with Gasteiger partial charge in [0, 0.05) is 0 Å². The summed E-state index contributed by atoms with van der Waals surface area (Å²) < 4.78 is 106. The monoisotopic (exact) mass is 657 g/mol. The molecule has 2 fully saturated rings. The predicted molar refractivity (Wildman–Crippen MR) is 117 cm³/mol. The molecule has 2 aromatic carbocycles. The van der Waals surface area contributed by atoms with Crippen molar-refractivity contribution in [3.05, 3.63) is 54.2 Å². The molecule has 1 aromatic heterocycles. The zero-order chi connectivity index (χ0) is 26.4. The average Bonchev–Trinajstić information content (AvgIpc) is 3.23. The summed E-state index contributed by atoms with van der Waals surface area (Å²) in [6, 6.07) is 6.66. The fourth-order valence-electron chi connectivity index (χ4n) is 4.28. The van der Waals surface area contributed by atoms with Gasteiger partial charge < -0.3 is 0 Å². The van der Waals surface area contributed by atoms with Crippen molar-refractivity contribution in [1.29, 1.82) is 0 Å². The number of ether oxygens (including phenoxy) is 2. The summed E-state index contributed by atoms with van der Waals surface area (Å²) in [5, 5.41) is 0. The first-order valence-electron chi connectivity index (χ1n) is 11.0. The van der Waals surface area contributed by atoms with Crippen molar-refractivity contribution in [2.24, 2.45) is 0 Å². The number of halogens is 6. The van der Waals surface area contributed by atoms with Gasteiger partial charge in [0.15, 0.2) is 0 Å². The number of anilines is 1. The van der Waals surface area contributed by atoms with Gasteiger partial charge in [0.2, 0.25) is 0 Å². The molecule has 3 heterocycles. The molecule has 0 aliphatic carbocycles. The fraction of sp³-hybridized carbons (Fsp3) is 0.364. The van der Waals surface area contributed by atoms with Crippen LogP contribution < -0.4 is 29.7 Å².